The highest BCUT2D eigenvalue weighted by Crippen LogP contribution is 2.42. The number of rotatable bonds is 1. The van der Waals surface area contributed by atoms with Crippen molar-refractivity contribution in [3.63, 3.8) is 0 Å². The number of halogens is 1. The zero-order valence-electron chi connectivity index (χ0n) is 17.3. The first-order chi connectivity index (χ1) is 15.3. The van der Waals surface area contributed by atoms with E-state index in [0.717, 1.165) is 0 Å². The van der Waals surface area contributed by atoms with Crippen molar-refractivity contribution in [2.45, 2.75) is 39.0 Å². The summed E-state index contributed by atoms with van der Waals surface area (Å²) in [6, 6.07) is 2.87. The lowest BCUT2D eigenvalue weighted by atomic mass is 9.85. The number of cyclic esters (lactones) is 1. The number of pyridine rings is 2. The van der Waals surface area contributed by atoms with Gasteiger partial charge in [0.15, 0.2) is 11.4 Å². The first-order valence-corrected chi connectivity index (χ1v) is 10.3. The standard InChI is InChI=1S/C24H17FN2O5/c1-3-24(31)14-6-17-21-12(8-27(17)22(29)13(14)9-32-23(24)30)20-18(28)5-4-11-10(2)15(25)7-16(26-21)19(11)20/h4-7,31H,3,8-9H2,1-2H3/t24-/m0/s1. The van der Waals surface area contributed by atoms with Crippen LogP contribution in [0.2, 0.25) is 0 Å². The van der Waals surface area contributed by atoms with Crippen LogP contribution >= 0.6 is 0 Å². The molecule has 0 unspecified atom stereocenters. The summed E-state index contributed by atoms with van der Waals surface area (Å²) in [6.45, 7) is 3.16. The molecule has 0 saturated carbocycles. The average molecular weight is 432 g/mol. The Kier molecular flexibility index (Phi) is 3.56. The molecule has 0 bridgehead atoms. The van der Waals surface area contributed by atoms with Gasteiger partial charge >= 0.3 is 5.97 Å². The minimum absolute atomic E-state index is 0.0299. The predicted octanol–water partition coefficient (Wildman–Crippen LogP) is 2.74. The van der Waals surface area contributed by atoms with Crippen molar-refractivity contribution in [1.82, 2.24) is 9.55 Å². The fourth-order valence-electron chi connectivity index (χ4n) is 5.06. The van der Waals surface area contributed by atoms with Gasteiger partial charge in [0.05, 0.1) is 29.0 Å². The van der Waals surface area contributed by atoms with E-state index < -0.39 is 22.9 Å². The van der Waals surface area contributed by atoms with Crippen molar-refractivity contribution in [1.29, 1.82) is 0 Å². The molecular formula is C24H17FN2O5. The SMILES string of the molecule is CC[C@@]1(O)C(=O)OCc2c1cc1n(c2=O)Cc2c-1nc1cc(F)c(C)c3c1c2C(=O)C=C3. The van der Waals surface area contributed by atoms with Gasteiger partial charge in [0.25, 0.3) is 5.56 Å². The van der Waals surface area contributed by atoms with Gasteiger partial charge in [0.1, 0.15) is 12.4 Å². The number of carbonyl (C=O) groups excluding carboxylic acids is 2. The molecule has 7 nitrogen and oxygen atoms in total. The van der Waals surface area contributed by atoms with Crippen LogP contribution in [-0.2, 0) is 28.3 Å². The van der Waals surface area contributed by atoms with E-state index >= 15 is 0 Å². The lowest BCUT2D eigenvalue weighted by Gasteiger charge is -2.31. The Hall–Kier alpha value is -3.65. The molecule has 8 heteroatoms. The summed E-state index contributed by atoms with van der Waals surface area (Å²) in [6.07, 6.45) is 3.03. The van der Waals surface area contributed by atoms with Crippen LogP contribution in [0.15, 0.2) is 23.0 Å². The minimum Gasteiger partial charge on any atom is -0.458 e. The Morgan fingerprint density at radius 3 is 2.75 bits per heavy atom. The van der Waals surface area contributed by atoms with Gasteiger partial charge in [0, 0.05) is 28.1 Å². The molecule has 160 valence electrons. The van der Waals surface area contributed by atoms with E-state index in [1.165, 1.54) is 16.7 Å². The molecule has 4 heterocycles. The van der Waals surface area contributed by atoms with Crippen LogP contribution in [0.25, 0.3) is 28.4 Å². The van der Waals surface area contributed by atoms with Gasteiger partial charge in [-0.05, 0) is 36.6 Å². The second kappa shape index (κ2) is 5.98. The topological polar surface area (TPSA) is 98.5 Å². The van der Waals surface area contributed by atoms with Crippen molar-refractivity contribution in [2.24, 2.45) is 0 Å². The number of allylic oxidation sites excluding steroid dienone is 1. The third-order valence-corrected chi connectivity index (χ3v) is 6.87. The van der Waals surface area contributed by atoms with E-state index in [-0.39, 0.29) is 36.5 Å². The molecule has 1 aliphatic carbocycles. The molecule has 2 aromatic heterocycles. The number of fused-ring (bicyclic) bond motifs is 5. The van der Waals surface area contributed by atoms with Crippen LogP contribution in [0, 0.1) is 12.7 Å². The molecule has 32 heavy (non-hydrogen) atoms. The summed E-state index contributed by atoms with van der Waals surface area (Å²) >= 11 is 0. The predicted molar refractivity (Wildman–Crippen MR) is 113 cm³/mol. The maximum Gasteiger partial charge on any atom is 0.343 e. The number of hydrogen-bond donors (Lipinski definition) is 1. The molecule has 1 aromatic carbocycles. The lowest BCUT2D eigenvalue weighted by molar-refractivity contribution is -0.172. The van der Waals surface area contributed by atoms with Crippen LogP contribution in [-0.4, -0.2) is 26.4 Å². The molecule has 2 aliphatic heterocycles. The maximum absolute atomic E-state index is 14.6. The molecule has 0 spiro atoms. The van der Waals surface area contributed by atoms with Crippen molar-refractivity contribution in [2.75, 3.05) is 0 Å². The Morgan fingerprint density at radius 1 is 1.22 bits per heavy atom. The summed E-state index contributed by atoms with van der Waals surface area (Å²) in [5, 5.41) is 11.5. The summed E-state index contributed by atoms with van der Waals surface area (Å²) in [4.78, 5) is 43.2. The average Bonchev–Trinajstić information content (AvgIpc) is 3.14. The van der Waals surface area contributed by atoms with Crippen LogP contribution in [0.5, 0.6) is 0 Å². The van der Waals surface area contributed by atoms with Crippen molar-refractivity contribution in [3.8, 4) is 11.4 Å². The van der Waals surface area contributed by atoms with Gasteiger partial charge in [-0.3, -0.25) is 9.59 Å². The van der Waals surface area contributed by atoms with Gasteiger partial charge in [0.2, 0.25) is 0 Å². The van der Waals surface area contributed by atoms with E-state index in [2.05, 4.69) is 4.98 Å². The van der Waals surface area contributed by atoms with Crippen molar-refractivity contribution >= 4 is 28.7 Å². The normalized spacial score (nSPS) is 20.2. The third kappa shape index (κ3) is 2.12. The third-order valence-electron chi connectivity index (χ3n) is 6.87. The fourth-order valence-corrected chi connectivity index (χ4v) is 5.06. The summed E-state index contributed by atoms with van der Waals surface area (Å²) in [7, 11) is 0. The number of aliphatic hydroxyl groups is 1. The van der Waals surface area contributed by atoms with Gasteiger partial charge in [-0.1, -0.05) is 13.0 Å². The molecule has 3 aromatic rings. The Labute approximate surface area is 180 Å². The number of hydrogen-bond acceptors (Lipinski definition) is 6. The van der Waals surface area contributed by atoms with Gasteiger partial charge in [-0.25, -0.2) is 14.2 Å². The zero-order valence-corrected chi connectivity index (χ0v) is 17.3. The summed E-state index contributed by atoms with van der Waals surface area (Å²) in [5.74, 6) is -1.48. The number of ether oxygens (including phenoxy) is 1. The Morgan fingerprint density at radius 2 is 2.00 bits per heavy atom. The number of esters is 1. The van der Waals surface area contributed by atoms with Gasteiger partial charge < -0.3 is 14.4 Å². The summed E-state index contributed by atoms with van der Waals surface area (Å²) < 4.78 is 21.1. The number of carbonyl (C=O) groups is 2. The second-order valence-corrected chi connectivity index (χ2v) is 8.41. The zero-order chi connectivity index (χ0) is 22.5. The van der Waals surface area contributed by atoms with Crippen LogP contribution in [0.4, 0.5) is 4.39 Å². The number of nitrogens with zero attached hydrogens (tertiary/aromatic N) is 2. The van der Waals surface area contributed by atoms with Crippen molar-refractivity contribution in [3.05, 3.63) is 67.8 Å². The first kappa shape index (κ1) is 19.1. The highest BCUT2D eigenvalue weighted by Gasteiger charge is 2.45. The molecule has 0 fully saturated rings. The Balaban J connectivity index is 1.72. The molecule has 1 N–H and O–H groups in total. The van der Waals surface area contributed by atoms with E-state index in [1.807, 2.05) is 0 Å². The molecule has 0 amide bonds. The molecule has 1 atom stereocenters. The van der Waals surface area contributed by atoms with Gasteiger partial charge in [-0.2, -0.15) is 0 Å². The van der Waals surface area contributed by atoms with E-state index in [0.29, 0.717) is 44.5 Å². The number of aromatic nitrogens is 2. The number of ketones is 1. The largest absolute Gasteiger partial charge is 0.458 e. The highest BCUT2D eigenvalue weighted by atomic mass is 19.1. The minimum atomic E-state index is -1.94. The molecular weight excluding hydrogens is 415 g/mol. The van der Waals surface area contributed by atoms with Crippen molar-refractivity contribution < 1.29 is 23.8 Å². The lowest BCUT2D eigenvalue weighted by Crippen LogP contribution is -2.44. The fraction of sp³-hybridized carbons (Fsp3) is 0.250. The highest BCUT2D eigenvalue weighted by molar-refractivity contribution is 6.21. The van der Waals surface area contributed by atoms with E-state index in [1.54, 1.807) is 26.0 Å². The molecule has 6 rings (SSSR count). The van der Waals surface area contributed by atoms with Gasteiger partial charge in [-0.15, -0.1) is 0 Å². The molecule has 3 aliphatic rings. The maximum atomic E-state index is 14.6. The van der Waals surface area contributed by atoms with E-state index in [4.69, 9.17) is 4.74 Å². The Bertz CT molecular complexity index is 1530. The van der Waals surface area contributed by atoms with Crippen LogP contribution < -0.4 is 5.56 Å². The first-order valence-electron chi connectivity index (χ1n) is 10.3. The summed E-state index contributed by atoms with van der Waals surface area (Å²) in [5.41, 5.74) is 1.14. The molecule has 0 saturated heterocycles. The quantitative estimate of drug-likeness (QED) is 0.465. The monoisotopic (exact) mass is 432 g/mol. The molecule has 0 radical (unpaired) electrons. The van der Waals surface area contributed by atoms with Crippen LogP contribution in [0.3, 0.4) is 0 Å². The number of benzene rings is 1. The second-order valence-electron chi connectivity index (χ2n) is 8.41. The van der Waals surface area contributed by atoms with E-state index in [9.17, 15) is 23.9 Å². The smallest absolute Gasteiger partial charge is 0.343 e. The van der Waals surface area contributed by atoms with Crippen LogP contribution in [0.1, 0.15) is 51.5 Å².